The summed E-state index contributed by atoms with van der Waals surface area (Å²) in [5.41, 5.74) is 2.52. The molecule has 2 aromatic rings. The smallest absolute Gasteiger partial charge is 0.251 e. The van der Waals surface area contributed by atoms with Gasteiger partial charge in [0.05, 0.1) is 26.8 Å². The summed E-state index contributed by atoms with van der Waals surface area (Å²) < 4.78 is 10.8. The van der Waals surface area contributed by atoms with Crippen molar-refractivity contribution in [2.75, 3.05) is 27.3 Å². The van der Waals surface area contributed by atoms with E-state index in [4.69, 9.17) is 9.47 Å². The number of carbonyl (C=O) groups excluding carboxylic acids is 2. The molecule has 1 heterocycles. The SMILES string of the molecule is COc1ccc([C@@H]2CCCN2C(=O)CNC(=O)c2cccc(C)c2)c(OC)c1. The molecule has 1 saturated heterocycles. The Kier molecular flexibility index (Phi) is 6.19. The zero-order valence-electron chi connectivity index (χ0n) is 16.5. The standard InChI is InChI=1S/C22H26N2O4/c1-15-6-4-7-16(12-15)22(26)23-14-21(25)24-11-5-8-19(24)18-10-9-17(27-2)13-20(18)28-3/h4,6-7,9-10,12-13,19H,5,8,11,14H2,1-3H3,(H,23,26)/t19-/m0/s1. The van der Waals surface area contributed by atoms with Crippen molar-refractivity contribution in [2.45, 2.75) is 25.8 Å². The minimum Gasteiger partial charge on any atom is -0.497 e. The zero-order valence-corrected chi connectivity index (χ0v) is 16.5. The fourth-order valence-electron chi connectivity index (χ4n) is 3.63. The van der Waals surface area contributed by atoms with E-state index in [0.29, 0.717) is 23.6 Å². The van der Waals surface area contributed by atoms with E-state index in [1.807, 2.05) is 42.2 Å². The fourth-order valence-corrected chi connectivity index (χ4v) is 3.63. The van der Waals surface area contributed by atoms with Crippen molar-refractivity contribution < 1.29 is 19.1 Å². The predicted octanol–water partition coefficient (Wildman–Crippen LogP) is 3.11. The Morgan fingerprint density at radius 2 is 1.96 bits per heavy atom. The van der Waals surface area contributed by atoms with Gasteiger partial charge in [-0.1, -0.05) is 17.7 Å². The van der Waals surface area contributed by atoms with Crippen LogP contribution < -0.4 is 14.8 Å². The average Bonchev–Trinajstić information content (AvgIpc) is 3.20. The predicted molar refractivity (Wildman–Crippen MR) is 107 cm³/mol. The molecule has 1 aliphatic heterocycles. The number of hydrogen-bond acceptors (Lipinski definition) is 4. The van der Waals surface area contributed by atoms with Gasteiger partial charge in [0.25, 0.3) is 5.91 Å². The first kappa shape index (κ1) is 19.7. The summed E-state index contributed by atoms with van der Waals surface area (Å²) in [5, 5.41) is 2.74. The largest absolute Gasteiger partial charge is 0.497 e. The Labute approximate surface area is 165 Å². The van der Waals surface area contributed by atoms with Gasteiger partial charge in [-0.15, -0.1) is 0 Å². The van der Waals surface area contributed by atoms with Crippen LogP contribution in [0, 0.1) is 6.92 Å². The Bertz CT molecular complexity index is 865. The molecule has 1 atom stereocenters. The summed E-state index contributed by atoms with van der Waals surface area (Å²) in [7, 11) is 3.22. The van der Waals surface area contributed by atoms with E-state index in [1.54, 1.807) is 26.4 Å². The summed E-state index contributed by atoms with van der Waals surface area (Å²) in [5.74, 6) is 1.07. The molecule has 0 spiro atoms. The molecule has 0 aromatic heterocycles. The minimum atomic E-state index is -0.241. The second-order valence-corrected chi connectivity index (χ2v) is 6.91. The molecule has 1 N–H and O–H groups in total. The number of nitrogens with zero attached hydrogens (tertiary/aromatic N) is 1. The first-order chi connectivity index (χ1) is 13.5. The van der Waals surface area contributed by atoms with Gasteiger partial charge in [-0.05, 0) is 44.0 Å². The third-order valence-electron chi connectivity index (χ3n) is 5.05. The van der Waals surface area contributed by atoms with E-state index in [-0.39, 0.29) is 24.4 Å². The van der Waals surface area contributed by atoms with Crippen LogP contribution in [0.5, 0.6) is 11.5 Å². The molecule has 2 aromatic carbocycles. The summed E-state index contributed by atoms with van der Waals surface area (Å²) in [6.45, 7) is 2.57. The lowest BCUT2D eigenvalue weighted by Crippen LogP contribution is -2.39. The van der Waals surface area contributed by atoms with Crippen LogP contribution in [0.15, 0.2) is 42.5 Å². The summed E-state index contributed by atoms with van der Waals surface area (Å²) in [6.07, 6.45) is 1.78. The van der Waals surface area contributed by atoms with Crippen molar-refractivity contribution in [1.29, 1.82) is 0 Å². The van der Waals surface area contributed by atoms with Crippen LogP contribution in [-0.4, -0.2) is 44.0 Å². The fraction of sp³-hybridized carbons (Fsp3) is 0.364. The maximum atomic E-state index is 12.8. The lowest BCUT2D eigenvalue weighted by molar-refractivity contribution is -0.131. The van der Waals surface area contributed by atoms with E-state index in [2.05, 4.69) is 5.32 Å². The van der Waals surface area contributed by atoms with Crippen LogP contribution in [0.1, 0.15) is 40.4 Å². The van der Waals surface area contributed by atoms with Gasteiger partial charge >= 0.3 is 0 Å². The lowest BCUT2D eigenvalue weighted by Gasteiger charge is -2.26. The van der Waals surface area contributed by atoms with Crippen molar-refractivity contribution in [1.82, 2.24) is 10.2 Å². The van der Waals surface area contributed by atoms with E-state index < -0.39 is 0 Å². The van der Waals surface area contributed by atoms with Gasteiger partial charge < -0.3 is 19.7 Å². The maximum Gasteiger partial charge on any atom is 0.251 e. The molecule has 6 nitrogen and oxygen atoms in total. The van der Waals surface area contributed by atoms with Crippen molar-refractivity contribution in [3.63, 3.8) is 0 Å². The topological polar surface area (TPSA) is 67.9 Å². The highest BCUT2D eigenvalue weighted by molar-refractivity contribution is 5.96. The second-order valence-electron chi connectivity index (χ2n) is 6.91. The molecule has 0 radical (unpaired) electrons. The van der Waals surface area contributed by atoms with Crippen LogP contribution >= 0.6 is 0 Å². The van der Waals surface area contributed by atoms with E-state index in [1.165, 1.54) is 0 Å². The van der Waals surface area contributed by atoms with Crippen LogP contribution in [0.4, 0.5) is 0 Å². The number of nitrogens with one attached hydrogen (secondary N) is 1. The third kappa shape index (κ3) is 4.27. The number of amides is 2. The Morgan fingerprint density at radius 1 is 1.14 bits per heavy atom. The molecule has 1 aliphatic rings. The van der Waals surface area contributed by atoms with Crippen LogP contribution in [0.3, 0.4) is 0 Å². The minimum absolute atomic E-state index is 0.0260. The molecule has 2 amide bonds. The molecule has 0 saturated carbocycles. The molecular weight excluding hydrogens is 356 g/mol. The van der Waals surface area contributed by atoms with Crippen molar-refractivity contribution in [2.24, 2.45) is 0 Å². The number of likely N-dealkylation sites (tertiary alicyclic amines) is 1. The van der Waals surface area contributed by atoms with Crippen LogP contribution in [-0.2, 0) is 4.79 Å². The van der Waals surface area contributed by atoms with Crippen LogP contribution in [0.25, 0.3) is 0 Å². The molecule has 28 heavy (non-hydrogen) atoms. The van der Waals surface area contributed by atoms with Gasteiger partial charge in [-0.2, -0.15) is 0 Å². The second kappa shape index (κ2) is 8.78. The Morgan fingerprint density at radius 3 is 2.68 bits per heavy atom. The average molecular weight is 382 g/mol. The highest BCUT2D eigenvalue weighted by Crippen LogP contribution is 2.38. The number of benzene rings is 2. The molecule has 0 aliphatic carbocycles. The van der Waals surface area contributed by atoms with Gasteiger partial charge in [0.1, 0.15) is 11.5 Å². The molecule has 148 valence electrons. The van der Waals surface area contributed by atoms with Gasteiger partial charge in [-0.3, -0.25) is 9.59 Å². The maximum absolute atomic E-state index is 12.8. The monoisotopic (exact) mass is 382 g/mol. The number of carbonyl (C=O) groups is 2. The van der Waals surface area contributed by atoms with Crippen molar-refractivity contribution in [3.8, 4) is 11.5 Å². The summed E-state index contributed by atoms with van der Waals surface area (Å²) in [6, 6.07) is 12.9. The molecule has 1 fully saturated rings. The Hall–Kier alpha value is -3.02. The van der Waals surface area contributed by atoms with Crippen LogP contribution in [0.2, 0.25) is 0 Å². The van der Waals surface area contributed by atoms with Crippen molar-refractivity contribution >= 4 is 11.8 Å². The number of ether oxygens (including phenoxy) is 2. The molecular formula is C22H26N2O4. The lowest BCUT2D eigenvalue weighted by atomic mass is 10.0. The van der Waals surface area contributed by atoms with Crippen molar-refractivity contribution in [3.05, 3.63) is 59.2 Å². The molecule has 3 rings (SSSR count). The number of rotatable bonds is 6. The van der Waals surface area contributed by atoms with Gasteiger partial charge in [0.2, 0.25) is 5.91 Å². The van der Waals surface area contributed by atoms with Gasteiger partial charge in [0, 0.05) is 23.7 Å². The normalized spacial score (nSPS) is 16.0. The first-order valence-electron chi connectivity index (χ1n) is 9.39. The van der Waals surface area contributed by atoms with E-state index in [9.17, 15) is 9.59 Å². The highest BCUT2D eigenvalue weighted by Gasteiger charge is 2.32. The number of hydrogen-bond donors (Lipinski definition) is 1. The zero-order chi connectivity index (χ0) is 20.1. The van der Waals surface area contributed by atoms with E-state index in [0.717, 1.165) is 24.0 Å². The Balaban J connectivity index is 1.69. The summed E-state index contributed by atoms with van der Waals surface area (Å²) >= 11 is 0. The third-order valence-corrected chi connectivity index (χ3v) is 5.05. The van der Waals surface area contributed by atoms with Gasteiger partial charge in [-0.25, -0.2) is 0 Å². The van der Waals surface area contributed by atoms with Gasteiger partial charge in [0.15, 0.2) is 0 Å². The highest BCUT2D eigenvalue weighted by atomic mass is 16.5. The number of aryl methyl sites for hydroxylation is 1. The molecule has 0 unspecified atom stereocenters. The first-order valence-corrected chi connectivity index (χ1v) is 9.39. The summed E-state index contributed by atoms with van der Waals surface area (Å²) in [4.78, 5) is 26.9. The van der Waals surface area contributed by atoms with E-state index >= 15 is 0 Å². The molecule has 0 bridgehead atoms. The molecule has 6 heteroatoms. The quantitative estimate of drug-likeness (QED) is 0.834. The number of methoxy groups -OCH3 is 2.